The summed E-state index contributed by atoms with van der Waals surface area (Å²) in [6, 6.07) is 4.36. The van der Waals surface area contributed by atoms with Gasteiger partial charge in [0.05, 0.1) is 10.6 Å². The van der Waals surface area contributed by atoms with E-state index in [2.05, 4.69) is 53.6 Å². The molecular weight excluding hydrogens is 280 g/mol. The van der Waals surface area contributed by atoms with Gasteiger partial charge in [0.2, 0.25) is 0 Å². The maximum Gasteiger partial charge on any atom is 0.0857 e. The molecule has 0 saturated carbocycles. The molecular formula is C16H24N4S. The lowest BCUT2D eigenvalue weighted by Gasteiger charge is -2.22. The minimum absolute atomic E-state index is 0.0173. The lowest BCUT2D eigenvalue weighted by molar-refractivity contribution is 0.504. The molecule has 0 radical (unpaired) electrons. The summed E-state index contributed by atoms with van der Waals surface area (Å²) in [5.41, 5.74) is 2.35. The van der Waals surface area contributed by atoms with Gasteiger partial charge in [0.15, 0.2) is 0 Å². The van der Waals surface area contributed by atoms with Crippen LogP contribution in [0.2, 0.25) is 0 Å². The third kappa shape index (κ3) is 4.32. The number of rotatable bonds is 6. The second-order valence-electron chi connectivity index (χ2n) is 6.31. The summed E-state index contributed by atoms with van der Waals surface area (Å²) < 4.78 is 4.20. The Labute approximate surface area is 131 Å². The van der Waals surface area contributed by atoms with Crippen molar-refractivity contribution in [1.82, 2.24) is 19.9 Å². The molecule has 0 aliphatic heterocycles. The van der Waals surface area contributed by atoms with E-state index in [0.717, 1.165) is 25.1 Å². The third-order valence-electron chi connectivity index (χ3n) is 3.34. The molecule has 0 aromatic carbocycles. The fraction of sp³-hybridized carbons (Fsp3) is 0.562. The molecule has 0 fully saturated rings. The van der Waals surface area contributed by atoms with E-state index in [9.17, 15) is 0 Å². The predicted octanol–water partition coefficient (Wildman–Crippen LogP) is 3.51. The minimum atomic E-state index is 0.0173. The van der Waals surface area contributed by atoms with Crippen LogP contribution in [0.15, 0.2) is 24.5 Å². The van der Waals surface area contributed by atoms with Crippen LogP contribution in [0.25, 0.3) is 0 Å². The van der Waals surface area contributed by atoms with E-state index < -0.39 is 0 Å². The summed E-state index contributed by atoms with van der Waals surface area (Å²) in [5.74, 6) is 0. The zero-order valence-electron chi connectivity index (χ0n) is 13.3. The lowest BCUT2D eigenvalue weighted by Crippen LogP contribution is -2.26. The fourth-order valence-electron chi connectivity index (χ4n) is 2.28. The van der Waals surface area contributed by atoms with Crippen LogP contribution in [0, 0.1) is 0 Å². The summed E-state index contributed by atoms with van der Waals surface area (Å²) in [7, 11) is 0. The smallest absolute Gasteiger partial charge is 0.0857 e. The van der Waals surface area contributed by atoms with E-state index in [1.54, 1.807) is 0 Å². The zero-order chi connectivity index (χ0) is 15.3. The van der Waals surface area contributed by atoms with Crippen LogP contribution in [0.5, 0.6) is 0 Å². The van der Waals surface area contributed by atoms with Gasteiger partial charge in [-0.05, 0) is 42.5 Å². The molecule has 1 unspecified atom stereocenters. The molecule has 2 aromatic rings. The second kappa shape index (κ2) is 7.09. The maximum absolute atomic E-state index is 4.37. The van der Waals surface area contributed by atoms with Gasteiger partial charge in [0.25, 0.3) is 0 Å². The van der Waals surface area contributed by atoms with Crippen molar-refractivity contribution in [3.8, 4) is 0 Å². The summed E-state index contributed by atoms with van der Waals surface area (Å²) in [5, 5.41) is 8.01. The Morgan fingerprint density at radius 1 is 1.33 bits per heavy atom. The quantitative estimate of drug-likeness (QED) is 0.887. The average molecular weight is 304 g/mol. The molecule has 2 heterocycles. The van der Waals surface area contributed by atoms with E-state index >= 15 is 0 Å². The molecule has 5 heteroatoms. The van der Waals surface area contributed by atoms with Crippen LogP contribution < -0.4 is 5.32 Å². The van der Waals surface area contributed by atoms with Gasteiger partial charge in [0, 0.05) is 23.9 Å². The normalized spacial score (nSPS) is 13.3. The number of aromatic nitrogens is 3. The van der Waals surface area contributed by atoms with Crippen LogP contribution in [0.1, 0.15) is 56.3 Å². The second-order valence-corrected chi connectivity index (χ2v) is 7.09. The molecule has 0 amide bonds. The van der Waals surface area contributed by atoms with Crippen LogP contribution in [-0.2, 0) is 11.8 Å². The van der Waals surface area contributed by atoms with Crippen molar-refractivity contribution in [2.45, 2.75) is 52.0 Å². The van der Waals surface area contributed by atoms with Crippen molar-refractivity contribution in [1.29, 1.82) is 0 Å². The van der Waals surface area contributed by atoms with E-state index in [0.29, 0.717) is 0 Å². The number of hydrogen-bond donors (Lipinski definition) is 1. The van der Waals surface area contributed by atoms with Gasteiger partial charge < -0.3 is 5.32 Å². The van der Waals surface area contributed by atoms with E-state index in [1.165, 1.54) is 22.0 Å². The van der Waals surface area contributed by atoms with Crippen LogP contribution in [0.4, 0.5) is 0 Å². The summed E-state index contributed by atoms with van der Waals surface area (Å²) >= 11 is 1.51. The Morgan fingerprint density at radius 3 is 2.76 bits per heavy atom. The Morgan fingerprint density at radius 2 is 2.14 bits per heavy atom. The van der Waals surface area contributed by atoms with Gasteiger partial charge in [-0.2, -0.15) is 0 Å². The van der Waals surface area contributed by atoms with Gasteiger partial charge in [-0.1, -0.05) is 38.2 Å². The highest BCUT2D eigenvalue weighted by Crippen LogP contribution is 2.31. The molecule has 2 aromatic heterocycles. The number of nitrogens with one attached hydrogen (secondary N) is 1. The van der Waals surface area contributed by atoms with Crippen molar-refractivity contribution in [2.24, 2.45) is 0 Å². The first-order valence-corrected chi connectivity index (χ1v) is 8.24. The molecule has 1 N–H and O–H groups in total. The summed E-state index contributed by atoms with van der Waals surface area (Å²) in [6.07, 6.45) is 5.78. The summed E-state index contributed by atoms with van der Waals surface area (Å²) in [6.45, 7) is 9.74. The van der Waals surface area contributed by atoms with Crippen LogP contribution >= 0.6 is 11.5 Å². The Kier molecular flexibility index (Phi) is 5.42. The molecule has 0 aliphatic carbocycles. The number of nitrogens with zero attached hydrogens (tertiary/aromatic N) is 3. The fourth-order valence-corrected chi connectivity index (χ4v) is 3.21. The molecule has 0 aliphatic rings. The standard InChI is InChI=1S/C16H24N4S/c1-5-8-18-13(10-12-7-6-9-17-11-12)14-15(16(2,3)4)19-20-21-14/h6-7,9,11,13,18H,5,8,10H2,1-4H3. The highest BCUT2D eigenvalue weighted by molar-refractivity contribution is 7.05. The summed E-state index contributed by atoms with van der Waals surface area (Å²) in [4.78, 5) is 5.46. The topological polar surface area (TPSA) is 50.7 Å². The molecule has 0 saturated heterocycles. The Balaban J connectivity index is 2.26. The monoisotopic (exact) mass is 304 g/mol. The number of pyridine rings is 1. The SMILES string of the molecule is CCCNC(Cc1cccnc1)c1snnc1C(C)(C)C. The van der Waals surface area contributed by atoms with E-state index in [4.69, 9.17) is 0 Å². The van der Waals surface area contributed by atoms with Crippen molar-refractivity contribution < 1.29 is 0 Å². The van der Waals surface area contributed by atoms with Gasteiger partial charge in [-0.3, -0.25) is 4.98 Å². The highest BCUT2D eigenvalue weighted by Gasteiger charge is 2.27. The zero-order valence-corrected chi connectivity index (χ0v) is 14.1. The van der Waals surface area contributed by atoms with Crippen molar-refractivity contribution >= 4 is 11.5 Å². The van der Waals surface area contributed by atoms with Gasteiger partial charge >= 0.3 is 0 Å². The Bertz CT molecular complexity index is 545. The molecule has 0 bridgehead atoms. The third-order valence-corrected chi connectivity index (χ3v) is 4.18. The largest absolute Gasteiger partial charge is 0.309 e. The molecule has 21 heavy (non-hydrogen) atoms. The maximum atomic E-state index is 4.37. The van der Waals surface area contributed by atoms with Crippen LogP contribution in [-0.4, -0.2) is 21.1 Å². The van der Waals surface area contributed by atoms with Crippen molar-refractivity contribution in [3.05, 3.63) is 40.7 Å². The van der Waals surface area contributed by atoms with Gasteiger partial charge in [-0.25, -0.2) is 0 Å². The first kappa shape index (κ1) is 16.0. The Hall–Kier alpha value is -1.33. The lowest BCUT2D eigenvalue weighted by atomic mass is 9.89. The molecule has 2 rings (SSSR count). The molecule has 4 nitrogen and oxygen atoms in total. The first-order chi connectivity index (χ1) is 10.0. The molecule has 0 spiro atoms. The minimum Gasteiger partial charge on any atom is -0.309 e. The molecule has 1 atom stereocenters. The first-order valence-electron chi connectivity index (χ1n) is 7.47. The van der Waals surface area contributed by atoms with E-state index in [1.807, 2.05) is 18.5 Å². The average Bonchev–Trinajstić information content (AvgIpc) is 2.94. The molecule has 114 valence electrons. The van der Waals surface area contributed by atoms with Crippen molar-refractivity contribution in [2.75, 3.05) is 6.54 Å². The van der Waals surface area contributed by atoms with Crippen LogP contribution in [0.3, 0.4) is 0 Å². The van der Waals surface area contributed by atoms with Gasteiger partial charge in [0.1, 0.15) is 0 Å². The predicted molar refractivity (Wildman–Crippen MR) is 87.6 cm³/mol. The highest BCUT2D eigenvalue weighted by atomic mass is 32.1. The van der Waals surface area contributed by atoms with Gasteiger partial charge in [-0.15, -0.1) is 5.10 Å². The van der Waals surface area contributed by atoms with Crippen molar-refractivity contribution in [3.63, 3.8) is 0 Å². The van der Waals surface area contributed by atoms with E-state index in [-0.39, 0.29) is 11.5 Å². The number of hydrogen-bond acceptors (Lipinski definition) is 5.